The molecule has 1 atom stereocenters. The Morgan fingerprint density at radius 1 is 1.44 bits per heavy atom. The van der Waals surface area contributed by atoms with Crippen molar-refractivity contribution in [2.24, 2.45) is 0 Å². The Morgan fingerprint density at radius 2 is 2.11 bits per heavy atom. The van der Waals surface area contributed by atoms with E-state index in [0.717, 1.165) is 5.56 Å². The van der Waals surface area contributed by atoms with E-state index in [1.165, 1.54) is 0 Å². The van der Waals surface area contributed by atoms with Crippen molar-refractivity contribution in [3.63, 3.8) is 0 Å². The van der Waals surface area contributed by atoms with E-state index in [4.69, 9.17) is 16.3 Å². The predicted octanol–water partition coefficient (Wildman–Crippen LogP) is 3.36. The van der Waals surface area contributed by atoms with Gasteiger partial charge in [0.15, 0.2) is 5.78 Å². The van der Waals surface area contributed by atoms with E-state index >= 15 is 0 Å². The lowest BCUT2D eigenvalue weighted by Gasteiger charge is -2.08. The molecule has 0 aliphatic rings. The number of carbonyl (C=O) groups excluding carboxylic acids is 2. The number of rotatable bonds is 5. The van der Waals surface area contributed by atoms with E-state index in [-0.39, 0.29) is 18.2 Å². The molecule has 0 saturated heterocycles. The summed E-state index contributed by atoms with van der Waals surface area (Å²) in [7, 11) is 0. The third-order valence-corrected chi connectivity index (χ3v) is 3.17. The van der Waals surface area contributed by atoms with Gasteiger partial charge in [-0.3, -0.25) is 9.59 Å². The Kier molecular flexibility index (Phi) is 5.82. The van der Waals surface area contributed by atoms with Gasteiger partial charge in [-0.25, -0.2) is 0 Å². The summed E-state index contributed by atoms with van der Waals surface area (Å²) in [6.07, 6.45) is 0.192. The van der Waals surface area contributed by atoms with Gasteiger partial charge in [-0.2, -0.15) is 0 Å². The molecule has 1 aromatic carbocycles. The lowest BCUT2D eigenvalue weighted by atomic mass is 10.0. The zero-order valence-corrected chi connectivity index (χ0v) is 12.5. The average molecular weight is 334 g/mol. The van der Waals surface area contributed by atoms with Gasteiger partial charge in [0.25, 0.3) is 0 Å². The molecule has 98 valence electrons. The number of esters is 1. The number of hydrogen-bond donors (Lipinski definition) is 0. The van der Waals surface area contributed by atoms with Crippen LogP contribution in [0.25, 0.3) is 0 Å². The minimum absolute atomic E-state index is 0.147. The third-order valence-electron chi connectivity index (χ3n) is 2.31. The molecule has 1 rings (SSSR count). The van der Waals surface area contributed by atoms with E-state index < -0.39 is 5.38 Å². The summed E-state index contributed by atoms with van der Waals surface area (Å²) in [4.78, 5) is 23.1. The molecule has 0 saturated carbocycles. The maximum absolute atomic E-state index is 11.7. The number of Topliss-reactive ketones (excluding diaryl/α,β-unsaturated/α-hetero) is 1. The van der Waals surface area contributed by atoms with Gasteiger partial charge >= 0.3 is 5.97 Å². The summed E-state index contributed by atoms with van der Waals surface area (Å²) >= 11 is 9.07. The molecule has 0 N–H and O–H groups in total. The van der Waals surface area contributed by atoms with Gasteiger partial charge in [-0.05, 0) is 31.5 Å². The Balaban J connectivity index is 2.86. The minimum atomic E-state index is -0.572. The first-order valence-corrected chi connectivity index (χ1v) is 6.81. The van der Waals surface area contributed by atoms with Gasteiger partial charge in [-0.15, -0.1) is 11.6 Å². The first-order valence-electron chi connectivity index (χ1n) is 5.58. The summed E-state index contributed by atoms with van der Waals surface area (Å²) in [5, 5.41) is -0.572. The van der Waals surface area contributed by atoms with E-state index in [0.29, 0.717) is 16.6 Å². The van der Waals surface area contributed by atoms with Gasteiger partial charge in [-0.1, -0.05) is 22.0 Å². The number of alkyl halides is 1. The fourth-order valence-electron chi connectivity index (χ4n) is 1.46. The van der Waals surface area contributed by atoms with Crippen molar-refractivity contribution in [2.75, 3.05) is 6.61 Å². The molecule has 5 heteroatoms. The molecule has 1 unspecified atom stereocenters. The number of ketones is 1. The topological polar surface area (TPSA) is 43.4 Å². The van der Waals surface area contributed by atoms with Crippen LogP contribution in [0.15, 0.2) is 22.7 Å². The van der Waals surface area contributed by atoms with Crippen molar-refractivity contribution in [3.8, 4) is 0 Å². The van der Waals surface area contributed by atoms with Crippen LogP contribution in [-0.4, -0.2) is 23.7 Å². The van der Waals surface area contributed by atoms with Crippen LogP contribution in [0, 0.1) is 0 Å². The standard InChI is InChI=1S/C13H14BrClO3/c1-3-18-12(16)7-9-4-5-10(11(14)6-9)13(17)8(2)15/h4-6,8H,3,7H2,1-2H3. The molecule has 3 nitrogen and oxygen atoms in total. The fraction of sp³-hybridized carbons (Fsp3) is 0.385. The molecular formula is C13H14BrClO3. The number of halogens is 2. The van der Waals surface area contributed by atoms with E-state index in [1.54, 1.807) is 32.0 Å². The Labute approximate surface area is 120 Å². The number of carbonyl (C=O) groups is 2. The van der Waals surface area contributed by atoms with Crippen LogP contribution in [0.2, 0.25) is 0 Å². The lowest BCUT2D eigenvalue weighted by molar-refractivity contribution is -0.142. The quantitative estimate of drug-likeness (QED) is 0.471. The van der Waals surface area contributed by atoms with Gasteiger partial charge in [0, 0.05) is 10.0 Å². The van der Waals surface area contributed by atoms with Crippen molar-refractivity contribution in [2.45, 2.75) is 25.6 Å². The second-order valence-corrected chi connectivity index (χ2v) is 5.29. The molecule has 0 bridgehead atoms. The highest BCUT2D eigenvalue weighted by Crippen LogP contribution is 2.22. The summed E-state index contributed by atoms with van der Waals surface area (Å²) < 4.78 is 5.50. The SMILES string of the molecule is CCOC(=O)Cc1ccc(C(=O)C(C)Cl)c(Br)c1. The van der Waals surface area contributed by atoms with Crippen molar-refractivity contribution < 1.29 is 14.3 Å². The second kappa shape index (κ2) is 6.90. The van der Waals surface area contributed by atoms with E-state index in [9.17, 15) is 9.59 Å². The molecule has 0 aliphatic carbocycles. The van der Waals surface area contributed by atoms with Crippen molar-refractivity contribution in [1.29, 1.82) is 0 Å². The third kappa shape index (κ3) is 4.10. The van der Waals surface area contributed by atoms with Gasteiger partial charge in [0.1, 0.15) is 0 Å². The maximum Gasteiger partial charge on any atom is 0.310 e. The van der Waals surface area contributed by atoms with Crippen LogP contribution >= 0.6 is 27.5 Å². The molecule has 1 aromatic rings. The van der Waals surface area contributed by atoms with Crippen molar-refractivity contribution >= 4 is 39.3 Å². The van der Waals surface area contributed by atoms with Crippen molar-refractivity contribution in [3.05, 3.63) is 33.8 Å². The Hall–Kier alpha value is -0.870. The summed E-state index contributed by atoms with van der Waals surface area (Å²) in [6.45, 7) is 3.75. The minimum Gasteiger partial charge on any atom is -0.466 e. The summed E-state index contributed by atoms with van der Waals surface area (Å²) in [5.74, 6) is -0.430. The molecule has 0 heterocycles. The normalized spacial score (nSPS) is 12.0. The van der Waals surface area contributed by atoms with E-state index in [1.807, 2.05) is 0 Å². The number of hydrogen-bond acceptors (Lipinski definition) is 3. The molecule has 0 spiro atoms. The van der Waals surface area contributed by atoms with Gasteiger partial charge in [0.05, 0.1) is 18.4 Å². The molecule has 18 heavy (non-hydrogen) atoms. The molecule has 0 fully saturated rings. The Morgan fingerprint density at radius 3 is 2.61 bits per heavy atom. The van der Waals surface area contributed by atoms with Gasteiger partial charge < -0.3 is 4.74 Å². The van der Waals surface area contributed by atoms with Crippen LogP contribution in [0.4, 0.5) is 0 Å². The highest BCUT2D eigenvalue weighted by Gasteiger charge is 2.16. The van der Waals surface area contributed by atoms with Crippen LogP contribution in [0.5, 0.6) is 0 Å². The van der Waals surface area contributed by atoms with Crippen LogP contribution in [0.1, 0.15) is 29.8 Å². The summed E-state index contributed by atoms with van der Waals surface area (Å²) in [6, 6.07) is 5.14. The lowest BCUT2D eigenvalue weighted by Crippen LogP contribution is -2.12. The number of benzene rings is 1. The van der Waals surface area contributed by atoms with Crippen LogP contribution in [-0.2, 0) is 16.0 Å². The molecule has 0 amide bonds. The first-order chi connectivity index (χ1) is 8.45. The average Bonchev–Trinajstić information content (AvgIpc) is 2.28. The van der Waals surface area contributed by atoms with Crippen LogP contribution < -0.4 is 0 Å². The second-order valence-electron chi connectivity index (χ2n) is 3.78. The van der Waals surface area contributed by atoms with Crippen LogP contribution in [0.3, 0.4) is 0 Å². The fourth-order valence-corrected chi connectivity index (χ4v) is 2.20. The molecular weight excluding hydrogens is 319 g/mol. The number of ether oxygens (including phenoxy) is 1. The molecule has 0 aliphatic heterocycles. The first kappa shape index (κ1) is 15.2. The zero-order valence-electron chi connectivity index (χ0n) is 10.2. The maximum atomic E-state index is 11.7. The smallest absolute Gasteiger partial charge is 0.310 e. The van der Waals surface area contributed by atoms with Gasteiger partial charge in [0.2, 0.25) is 0 Å². The predicted molar refractivity (Wildman–Crippen MR) is 74.1 cm³/mol. The highest BCUT2D eigenvalue weighted by molar-refractivity contribution is 9.10. The molecule has 0 radical (unpaired) electrons. The monoisotopic (exact) mass is 332 g/mol. The van der Waals surface area contributed by atoms with E-state index in [2.05, 4.69) is 15.9 Å². The van der Waals surface area contributed by atoms with Crippen molar-refractivity contribution in [1.82, 2.24) is 0 Å². The molecule has 0 aromatic heterocycles. The highest BCUT2D eigenvalue weighted by atomic mass is 79.9. The zero-order chi connectivity index (χ0) is 13.7. The Bertz CT molecular complexity index is 458. The largest absolute Gasteiger partial charge is 0.466 e. The summed E-state index contributed by atoms with van der Waals surface area (Å²) in [5.41, 5.74) is 1.31.